The van der Waals surface area contributed by atoms with Crippen LogP contribution in [0.3, 0.4) is 0 Å². The Morgan fingerprint density at radius 1 is 1.02 bits per heavy atom. The van der Waals surface area contributed by atoms with Crippen LogP contribution in [-0.4, -0.2) is 64.1 Å². The fourth-order valence-electron chi connectivity index (χ4n) is 4.31. The molecule has 3 aromatic carbocycles. The summed E-state index contributed by atoms with van der Waals surface area (Å²) in [7, 11) is 0. The molecule has 3 atom stereocenters. The molecule has 0 unspecified atom stereocenters. The molecule has 1 amide bonds. The summed E-state index contributed by atoms with van der Waals surface area (Å²) in [5.74, 6) is -2.11. The second-order valence-electron chi connectivity index (χ2n) is 9.53. The van der Waals surface area contributed by atoms with Gasteiger partial charge in [0.15, 0.2) is 0 Å². The van der Waals surface area contributed by atoms with Crippen molar-refractivity contribution in [1.82, 2.24) is 4.90 Å². The number of aliphatic carboxylic acids is 1. The molecule has 1 saturated heterocycles. The third-order valence-electron chi connectivity index (χ3n) is 6.11. The van der Waals surface area contributed by atoms with Gasteiger partial charge in [-0.1, -0.05) is 93.4 Å². The van der Waals surface area contributed by atoms with E-state index >= 15 is 0 Å². The fourth-order valence-corrected chi connectivity index (χ4v) is 5.61. The van der Waals surface area contributed by atoms with Crippen molar-refractivity contribution in [3.8, 4) is 0 Å². The average molecular weight is 654 g/mol. The molecule has 11 heteroatoms. The second kappa shape index (κ2) is 18.8. The third kappa shape index (κ3) is 11.3. The number of aliphatic hydroxyl groups excluding tert-OH is 1. The van der Waals surface area contributed by atoms with Crippen LogP contribution in [0.5, 0.6) is 0 Å². The van der Waals surface area contributed by atoms with E-state index in [4.69, 9.17) is 27.9 Å². The van der Waals surface area contributed by atoms with Crippen molar-refractivity contribution in [3.05, 3.63) is 100 Å². The zero-order chi connectivity index (χ0) is 31.9. The normalized spacial score (nSPS) is 16.9. The fraction of sp³-hybridized carbons (Fsp3) is 0.375. The molecule has 43 heavy (non-hydrogen) atoms. The molecule has 1 aliphatic rings. The van der Waals surface area contributed by atoms with Crippen LogP contribution >= 0.6 is 35.1 Å². The van der Waals surface area contributed by atoms with Crippen molar-refractivity contribution in [3.63, 3.8) is 0 Å². The summed E-state index contributed by atoms with van der Waals surface area (Å²) >= 11 is 13.0. The highest BCUT2D eigenvalue weighted by Gasteiger charge is 2.42. The van der Waals surface area contributed by atoms with Gasteiger partial charge in [0.05, 0.1) is 44.0 Å². The average Bonchev–Trinajstić information content (AvgIpc) is 2.99. The van der Waals surface area contributed by atoms with E-state index in [0.717, 1.165) is 10.6 Å². The standard InChI is InChI=1S/C24H28ClFN2O5S.C6H5Cl.C2H6/c1-15(2)34-27(20-6-4-3-5-19(20)26)12-18(13-29)28-21(16-7-9-17(25)10-8-16)14-33-22(24(28)32)11-23(30)31;7-6-4-2-1-3-5-6;1-2/h3-10,15,18,21-22,29H,11-14H2,1-2H3,(H,30,31);1-5H;1-2H3/t18-,21+,22-;;/m1../s1. The maximum absolute atomic E-state index is 14.7. The number of carbonyl (C=O) groups excluding carboxylic acids is 1. The van der Waals surface area contributed by atoms with Crippen LogP contribution in [-0.2, 0) is 14.3 Å². The van der Waals surface area contributed by atoms with Crippen LogP contribution < -0.4 is 4.31 Å². The van der Waals surface area contributed by atoms with Crippen LogP contribution in [0.4, 0.5) is 10.1 Å². The molecule has 0 saturated carbocycles. The third-order valence-corrected chi connectivity index (χ3v) is 7.63. The summed E-state index contributed by atoms with van der Waals surface area (Å²) in [4.78, 5) is 26.2. The largest absolute Gasteiger partial charge is 0.481 e. The number of halogens is 3. The van der Waals surface area contributed by atoms with Crippen LogP contribution in [0.25, 0.3) is 0 Å². The minimum atomic E-state index is -1.17. The van der Waals surface area contributed by atoms with Crippen molar-refractivity contribution in [2.45, 2.75) is 57.6 Å². The predicted octanol–water partition coefficient (Wildman–Crippen LogP) is 7.51. The number of anilines is 1. The number of rotatable bonds is 10. The molecule has 0 aromatic heterocycles. The van der Waals surface area contributed by atoms with Crippen molar-refractivity contribution >= 4 is 52.7 Å². The number of para-hydroxylation sites is 1. The number of morpholine rings is 1. The molecule has 1 fully saturated rings. The molecule has 2 N–H and O–H groups in total. The summed E-state index contributed by atoms with van der Waals surface area (Å²) in [5.41, 5.74) is 1.07. The number of carboxylic acid groups (broad SMARTS) is 1. The van der Waals surface area contributed by atoms with E-state index in [1.165, 1.54) is 22.9 Å². The van der Waals surface area contributed by atoms with Gasteiger partial charge >= 0.3 is 5.97 Å². The molecule has 0 bridgehead atoms. The van der Waals surface area contributed by atoms with Gasteiger partial charge in [0.2, 0.25) is 0 Å². The van der Waals surface area contributed by atoms with Crippen molar-refractivity contribution in [1.29, 1.82) is 0 Å². The van der Waals surface area contributed by atoms with Gasteiger partial charge in [0.1, 0.15) is 11.9 Å². The molecule has 0 spiro atoms. The van der Waals surface area contributed by atoms with Gasteiger partial charge in [-0.25, -0.2) is 4.39 Å². The van der Waals surface area contributed by atoms with E-state index in [1.54, 1.807) is 46.8 Å². The quantitative estimate of drug-likeness (QED) is 0.219. The molecule has 0 radical (unpaired) electrons. The number of aliphatic hydroxyl groups is 1. The first-order chi connectivity index (χ1) is 20.6. The topological polar surface area (TPSA) is 90.3 Å². The molecule has 1 heterocycles. The number of carbonyl (C=O) groups is 2. The molecule has 0 aliphatic carbocycles. The Bertz CT molecular complexity index is 1270. The van der Waals surface area contributed by atoms with Crippen LogP contribution in [0.1, 0.15) is 45.7 Å². The van der Waals surface area contributed by atoms with Gasteiger partial charge in [-0.15, -0.1) is 0 Å². The Morgan fingerprint density at radius 2 is 1.60 bits per heavy atom. The Morgan fingerprint density at radius 3 is 2.12 bits per heavy atom. The van der Waals surface area contributed by atoms with E-state index in [0.29, 0.717) is 10.7 Å². The van der Waals surface area contributed by atoms with Gasteiger partial charge < -0.3 is 24.2 Å². The minimum absolute atomic E-state index is 0.0544. The summed E-state index contributed by atoms with van der Waals surface area (Å²) in [6.45, 7) is 7.70. The van der Waals surface area contributed by atoms with Gasteiger partial charge in [-0.3, -0.25) is 9.59 Å². The van der Waals surface area contributed by atoms with Gasteiger partial charge in [0, 0.05) is 15.3 Å². The second-order valence-corrected chi connectivity index (χ2v) is 12.0. The number of hydrogen-bond donors (Lipinski definition) is 2. The first-order valence-corrected chi connectivity index (χ1v) is 15.6. The lowest BCUT2D eigenvalue weighted by molar-refractivity contribution is -0.169. The van der Waals surface area contributed by atoms with E-state index in [-0.39, 0.29) is 18.4 Å². The Balaban J connectivity index is 0.000000619. The van der Waals surface area contributed by atoms with Crippen LogP contribution in [0.2, 0.25) is 10.0 Å². The van der Waals surface area contributed by atoms with Crippen molar-refractivity contribution < 1.29 is 28.9 Å². The number of hydrogen-bond acceptors (Lipinski definition) is 6. The maximum atomic E-state index is 14.7. The molecule has 7 nitrogen and oxygen atoms in total. The van der Waals surface area contributed by atoms with E-state index in [2.05, 4.69) is 0 Å². The first-order valence-electron chi connectivity index (χ1n) is 14.0. The molecule has 3 aromatic rings. The summed E-state index contributed by atoms with van der Waals surface area (Å²) < 4.78 is 22.0. The zero-order valence-electron chi connectivity index (χ0n) is 24.7. The highest BCUT2D eigenvalue weighted by Crippen LogP contribution is 2.34. The van der Waals surface area contributed by atoms with E-state index < -0.39 is 48.9 Å². The first kappa shape index (κ1) is 36.4. The molecule has 1 aliphatic heterocycles. The Labute approximate surface area is 267 Å². The van der Waals surface area contributed by atoms with Crippen molar-refractivity contribution in [2.24, 2.45) is 0 Å². The van der Waals surface area contributed by atoms with E-state index in [1.807, 2.05) is 58.0 Å². The molecule has 234 valence electrons. The molecule has 4 rings (SSSR count). The number of amides is 1. The van der Waals surface area contributed by atoms with Crippen LogP contribution in [0, 0.1) is 5.82 Å². The summed E-state index contributed by atoms with van der Waals surface area (Å²) in [6.07, 6.45) is -1.66. The Hall–Kier alpha value is -2.82. The SMILES string of the molecule is CC.CC(C)SN(C[C@H](CO)N1C(=O)[C@@H](CC(=O)O)OC[C@H]1c1ccc(Cl)cc1)c1ccccc1F.Clc1ccccc1. The van der Waals surface area contributed by atoms with Crippen LogP contribution in [0.15, 0.2) is 78.9 Å². The predicted molar refractivity (Wildman–Crippen MR) is 173 cm³/mol. The van der Waals surface area contributed by atoms with Gasteiger partial charge in [0.25, 0.3) is 5.91 Å². The number of benzene rings is 3. The summed E-state index contributed by atoms with van der Waals surface area (Å²) in [5, 5.41) is 21.0. The minimum Gasteiger partial charge on any atom is -0.481 e. The number of carboxylic acids is 1. The number of nitrogens with zero attached hydrogens (tertiary/aromatic N) is 2. The van der Waals surface area contributed by atoms with Gasteiger partial charge in [-0.2, -0.15) is 0 Å². The van der Waals surface area contributed by atoms with Gasteiger partial charge in [-0.05, 0) is 53.9 Å². The summed E-state index contributed by atoms with van der Waals surface area (Å²) in [6, 6.07) is 21.4. The Kier molecular flexibility index (Phi) is 15.9. The number of ether oxygens (including phenoxy) is 1. The molecular formula is C32H39Cl2FN2O5S. The lowest BCUT2D eigenvalue weighted by Gasteiger charge is -2.44. The molecular weight excluding hydrogens is 614 g/mol. The highest BCUT2D eigenvalue weighted by atomic mass is 35.5. The smallest absolute Gasteiger partial charge is 0.306 e. The lowest BCUT2D eigenvalue weighted by Crippen LogP contribution is -2.57. The zero-order valence-corrected chi connectivity index (χ0v) is 27.0. The maximum Gasteiger partial charge on any atom is 0.306 e. The van der Waals surface area contributed by atoms with Crippen molar-refractivity contribution in [2.75, 3.05) is 24.1 Å². The monoisotopic (exact) mass is 652 g/mol. The lowest BCUT2D eigenvalue weighted by atomic mass is 9.99. The van der Waals surface area contributed by atoms with E-state index in [9.17, 15) is 24.2 Å². The highest BCUT2D eigenvalue weighted by molar-refractivity contribution is 8.01.